The van der Waals surface area contributed by atoms with Crippen LogP contribution in [-0.2, 0) is 14.2 Å². The summed E-state index contributed by atoms with van der Waals surface area (Å²) in [7, 11) is 1.48. The first kappa shape index (κ1) is 23.7. The summed E-state index contributed by atoms with van der Waals surface area (Å²) in [6.07, 6.45) is 1.35. The number of primary amides is 1. The van der Waals surface area contributed by atoms with E-state index in [2.05, 4.69) is 39.5 Å². The molecule has 0 aromatic heterocycles. The summed E-state index contributed by atoms with van der Waals surface area (Å²) in [6, 6.07) is 0. The molecule has 0 aliphatic heterocycles. The third-order valence-corrected chi connectivity index (χ3v) is 3.92. The van der Waals surface area contributed by atoms with Gasteiger partial charge in [0.15, 0.2) is 5.60 Å². The largest absolute Gasteiger partial charge is 0.430 e. The number of methoxy groups -OCH3 is 1. The fourth-order valence-corrected chi connectivity index (χ4v) is 2.21. The third kappa shape index (κ3) is 11.0. The lowest BCUT2D eigenvalue weighted by molar-refractivity contribution is -0.173. The molecule has 0 aromatic carbocycles. The zero-order valence-corrected chi connectivity index (χ0v) is 16.8. The minimum absolute atomic E-state index is 0.461. The van der Waals surface area contributed by atoms with Crippen molar-refractivity contribution in [2.75, 3.05) is 7.11 Å². The Morgan fingerprint density at radius 1 is 1.00 bits per heavy atom. The molecule has 0 radical (unpaired) electrons. The van der Waals surface area contributed by atoms with Crippen molar-refractivity contribution in [2.24, 2.45) is 23.3 Å². The van der Waals surface area contributed by atoms with E-state index < -0.39 is 23.7 Å². The van der Waals surface area contributed by atoms with E-state index in [4.69, 9.17) is 25.7 Å². The van der Waals surface area contributed by atoms with Gasteiger partial charge in [0.2, 0.25) is 6.41 Å². The van der Waals surface area contributed by atoms with Crippen LogP contribution in [0, 0.1) is 23.7 Å². The fourth-order valence-electron chi connectivity index (χ4n) is 2.21. The van der Waals surface area contributed by atoms with Crippen molar-refractivity contribution in [1.82, 2.24) is 0 Å². The van der Waals surface area contributed by atoms with Gasteiger partial charge in [-0.2, -0.15) is 0 Å². The van der Waals surface area contributed by atoms with Crippen LogP contribution in [-0.4, -0.2) is 30.8 Å². The van der Waals surface area contributed by atoms with Crippen molar-refractivity contribution in [2.45, 2.75) is 84.8 Å². The number of carbonyl (C=O) groups excluding carboxylic acids is 1. The zero-order valence-electron chi connectivity index (χ0n) is 16.8. The highest BCUT2D eigenvalue weighted by atomic mass is 16.7. The average molecular weight is 357 g/mol. The smallest absolute Gasteiger partial charge is 0.406 e. The van der Waals surface area contributed by atoms with Gasteiger partial charge in [-0.1, -0.05) is 39.5 Å². The normalized spacial score (nSPS) is 17.4. The molecule has 0 heterocycles. The molecule has 3 unspecified atom stereocenters. The van der Waals surface area contributed by atoms with Crippen molar-refractivity contribution in [3.63, 3.8) is 0 Å². The molecule has 0 spiro atoms. The first-order valence-electron chi connectivity index (χ1n) is 8.90. The molecule has 6 nitrogen and oxygen atoms in total. The third-order valence-electron chi connectivity index (χ3n) is 3.92. The molecule has 1 amide bonds. The van der Waals surface area contributed by atoms with Crippen LogP contribution in [0.5, 0.6) is 0 Å². The number of hydrogen-bond donors (Lipinski definition) is 2. The Morgan fingerprint density at radius 2 is 1.44 bits per heavy atom. The van der Waals surface area contributed by atoms with E-state index in [1.54, 1.807) is 6.92 Å². The lowest BCUT2D eigenvalue weighted by atomic mass is 9.91. The molecule has 0 saturated heterocycles. The standard InChI is InChI=1S/C19H36N2O4/c1-14(2)8-10-18(5,24-16(20)22)12-13-19(6,11-9-15(3)4)25-17(21)23-7/h14-15,17H,8-11,21H2,1-7H3,(H2,20,22). The van der Waals surface area contributed by atoms with Crippen molar-refractivity contribution in [3.8, 4) is 11.8 Å². The quantitative estimate of drug-likeness (QED) is 0.462. The zero-order chi connectivity index (χ0) is 19.7. The number of ether oxygens (including phenoxy) is 3. The van der Waals surface area contributed by atoms with Gasteiger partial charge in [0.25, 0.3) is 0 Å². The van der Waals surface area contributed by atoms with E-state index in [0.29, 0.717) is 24.7 Å². The Labute approximate surface area is 152 Å². The summed E-state index contributed by atoms with van der Waals surface area (Å²) in [4.78, 5) is 11.3. The molecule has 0 fully saturated rings. The lowest BCUT2D eigenvalue weighted by Gasteiger charge is -2.29. The molecule has 0 aromatic rings. The van der Waals surface area contributed by atoms with Gasteiger partial charge in [-0.15, -0.1) is 0 Å². The predicted octanol–water partition coefficient (Wildman–Crippen LogP) is 3.38. The minimum Gasteiger partial charge on any atom is -0.430 e. The summed E-state index contributed by atoms with van der Waals surface area (Å²) in [5.41, 5.74) is 9.22. The molecule has 146 valence electrons. The van der Waals surface area contributed by atoms with Crippen molar-refractivity contribution >= 4 is 6.09 Å². The number of hydrogen-bond acceptors (Lipinski definition) is 5. The lowest BCUT2D eigenvalue weighted by Crippen LogP contribution is -2.39. The first-order chi connectivity index (χ1) is 11.4. The SMILES string of the molecule is COC(N)OC(C)(C#CC(C)(CCC(C)C)OC(N)=O)CCC(C)C. The maximum atomic E-state index is 11.3. The van der Waals surface area contributed by atoms with Gasteiger partial charge in [0.05, 0.1) is 0 Å². The summed E-state index contributed by atoms with van der Waals surface area (Å²) in [6.45, 7) is 12.1. The maximum Gasteiger partial charge on any atom is 0.406 e. The Bertz CT molecular complexity index is 470. The molecule has 0 aliphatic rings. The maximum absolute atomic E-state index is 11.3. The van der Waals surface area contributed by atoms with Crippen LogP contribution in [0.3, 0.4) is 0 Å². The summed E-state index contributed by atoms with van der Waals surface area (Å²) in [5, 5.41) is 0. The first-order valence-corrected chi connectivity index (χ1v) is 8.90. The van der Waals surface area contributed by atoms with Crippen LogP contribution in [0.1, 0.15) is 67.2 Å². The molecule has 6 heteroatoms. The molecular formula is C19H36N2O4. The number of carbonyl (C=O) groups is 1. The van der Waals surface area contributed by atoms with E-state index >= 15 is 0 Å². The number of amides is 1. The highest BCUT2D eigenvalue weighted by Crippen LogP contribution is 2.24. The topological polar surface area (TPSA) is 96.8 Å². The summed E-state index contributed by atoms with van der Waals surface area (Å²) in [5.74, 6) is 7.15. The van der Waals surface area contributed by atoms with Gasteiger partial charge in [-0.05, 0) is 51.4 Å². The Balaban J connectivity index is 5.45. The Kier molecular flexibility index (Phi) is 10.1. The van der Waals surface area contributed by atoms with Crippen molar-refractivity contribution in [1.29, 1.82) is 0 Å². The van der Waals surface area contributed by atoms with Gasteiger partial charge in [-0.25, -0.2) is 4.79 Å². The molecule has 0 saturated carbocycles. The van der Waals surface area contributed by atoms with E-state index in [1.807, 2.05) is 6.92 Å². The van der Waals surface area contributed by atoms with Crippen molar-refractivity contribution < 1.29 is 19.0 Å². The number of nitrogens with two attached hydrogens (primary N) is 2. The second-order valence-corrected chi connectivity index (χ2v) is 7.72. The van der Waals surface area contributed by atoms with Gasteiger partial charge < -0.3 is 19.9 Å². The van der Waals surface area contributed by atoms with E-state index in [0.717, 1.165) is 12.8 Å². The van der Waals surface area contributed by atoms with Crippen LogP contribution in [0.2, 0.25) is 0 Å². The molecule has 25 heavy (non-hydrogen) atoms. The van der Waals surface area contributed by atoms with Crippen LogP contribution in [0.25, 0.3) is 0 Å². The monoisotopic (exact) mass is 356 g/mol. The molecule has 4 N–H and O–H groups in total. The van der Waals surface area contributed by atoms with Crippen LogP contribution in [0.15, 0.2) is 0 Å². The number of rotatable bonds is 10. The summed E-state index contributed by atoms with van der Waals surface area (Å²) >= 11 is 0. The summed E-state index contributed by atoms with van der Waals surface area (Å²) < 4.78 is 16.1. The molecule has 0 bridgehead atoms. The predicted molar refractivity (Wildman–Crippen MR) is 99.5 cm³/mol. The Hall–Kier alpha value is -1.29. The van der Waals surface area contributed by atoms with Gasteiger partial charge in [0.1, 0.15) is 5.60 Å². The van der Waals surface area contributed by atoms with Crippen LogP contribution in [0.4, 0.5) is 4.79 Å². The highest BCUT2D eigenvalue weighted by Gasteiger charge is 2.30. The fraction of sp³-hybridized carbons (Fsp3) is 0.842. The van der Waals surface area contributed by atoms with Crippen LogP contribution >= 0.6 is 0 Å². The molecule has 0 rings (SSSR count). The second kappa shape index (κ2) is 10.6. The van der Waals surface area contributed by atoms with Crippen LogP contribution < -0.4 is 11.5 Å². The van der Waals surface area contributed by atoms with Gasteiger partial charge >= 0.3 is 6.09 Å². The van der Waals surface area contributed by atoms with Crippen molar-refractivity contribution in [3.05, 3.63) is 0 Å². The molecule has 3 atom stereocenters. The average Bonchev–Trinajstić information content (AvgIpc) is 2.49. The second-order valence-electron chi connectivity index (χ2n) is 7.72. The molecular weight excluding hydrogens is 320 g/mol. The van der Waals surface area contributed by atoms with Gasteiger partial charge in [0, 0.05) is 7.11 Å². The minimum atomic E-state index is -0.963. The highest BCUT2D eigenvalue weighted by molar-refractivity contribution is 5.65. The van der Waals surface area contributed by atoms with Gasteiger partial charge in [-0.3, -0.25) is 5.73 Å². The Morgan fingerprint density at radius 3 is 1.84 bits per heavy atom. The van der Waals surface area contributed by atoms with E-state index in [9.17, 15) is 4.79 Å². The van der Waals surface area contributed by atoms with E-state index in [-0.39, 0.29) is 0 Å². The van der Waals surface area contributed by atoms with E-state index in [1.165, 1.54) is 7.11 Å². The molecule has 0 aliphatic carbocycles.